The van der Waals surface area contributed by atoms with Crippen molar-refractivity contribution in [1.82, 2.24) is 5.32 Å². The number of carbonyl (C=O) groups is 1. The van der Waals surface area contributed by atoms with Crippen LogP contribution in [0.4, 0.5) is 0 Å². The lowest BCUT2D eigenvalue weighted by Gasteiger charge is -2.30. The Balaban J connectivity index is 1.98. The number of benzene rings is 2. The quantitative estimate of drug-likeness (QED) is 0.879. The molecule has 0 amide bonds. The van der Waals surface area contributed by atoms with Crippen LogP contribution in [0, 0.1) is 0 Å². The summed E-state index contributed by atoms with van der Waals surface area (Å²) in [4.78, 5) is 12.3. The van der Waals surface area contributed by atoms with Crippen LogP contribution in [0.15, 0.2) is 42.5 Å². The van der Waals surface area contributed by atoms with Gasteiger partial charge >= 0.3 is 5.97 Å². The van der Waals surface area contributed by atoms with E-state index in [4.69, 9.17) is 4.74 Å². The molecule has 21 heavy (non-hydrogen) atoms. The van der Waals surface area contributed by atoms with E-state index in [0.29, 0.717) is 0 Å². The minimum Gasteiger partial charge on any atom is -0.469 e. The monoisotopic (exact) mass is 283 g/mol. The number of fused-ring (bicyclic) bond motifs is 1. The Hall–Kier alpha value is -1.87. The number of nitrogens with one attached hydrogen (secondary N) is 1. The van der Waals surface area contributed by atoms with Gasteiger partial charge in [0.1, 0.15) is 0 Å². The largest absolute Gasteiger partial charge is 0.469 e. The van der Waals surface area contributed by atoms with Crippen LogP contribution >= 0.6 is 0 Å². The topological polar surface area (TPSA) is 38.3 Å². The van der Waals surface area contributed by atoms with Gasteiger partial charge in [0.25, 0.3) is 0 Å². The van der Waals surface area contributed by atoms with Gasteiger partial charge in [0.05, 0.1) is 13.0 Å². The average Bonchev–Trinajstić information content (AvgIpc) is 2.56. The van der Waals surface area contributed by atoms with Crippen LogP contribution in [0.1, 0.15) is 30.7 Å². The van der Waals surface area contributed by atoms with Crippen molar-refractivity contribution in [3.8, 4) is 0 Å². The predicted molar refractivity (Wildman–Crippen MR) is 84.3 cm³/mol. The molecule has 3 nitrogen and oxygen atoms in total. The lowest BCUT2D eigenvalue weighted by atomic mass is 9.85. The maximum atomic E-state index is 12.3. The van der Waals surface area contributed by atoms with Gasteiger partial charge in [-0.25, -0.2) is 0 Å². The molecular formula is C18H21NO2. The number of ether oxygens (including phenoxy) is 1. The van der Waals surface area contributed by atoms with E-state index in [9.17, 15) is 4.79 Å². The zero-order valence-electron chi connectivity index (χ0n) is 12.3. The molecule has 0 radical (unpaired) electrons. The van der Waals surface area contributed by atoms with Gasteiger partial charge in [-0.3, -0.25) is 4.79 Å². The second-order valence-corrected chi connectivity index (χ2v) is 5.66. The molecule has 0 aliphatic carbocycles. The van der Waals surface area contributed by atoms with E-state index in [1.807, 2.05) is 12.1 Å². The first-order chi connectivity index (χ1) is 10.3. The highest BCUT2D eigenvalue weighted by atomic mass is 16.5. The van der Waals surface area contributed by atoms with Crippen molar-refractivity contribution in [2.75, 3.05) is 13.7 Å². The van der Waals surface area contributed by atoms with E-state index < -0.39 is 0 Å². The molecule has 1 aliphatic heterocycles. The summed E-state index contributed by atoms with van der Waals surface area (Å²) in [6.45, 7) is 0.978. The summed E-state index contributed by atoms with van der Waals surface area (Å²) in [5, 5.41) is 5.84. The maximum Gasteiger partial charge on any atom is 0.314 e. The molecule has 110 valence electrons. The molecule has 3 rings (SSSR count). The molecule has 1 N–H and O–H groups in total. The van der Waals surface area contributed by atoms with Crippen molar-refractivity contribution in [2.45, 2.75) is 31.2 Å². The van der Waals surface area contributed by atoms with Crippen molar-refractivity contribution in [3.05, 3.63) is 48.0 Å². The fourth-order valence-corrected chi connectivity index (χ4v) is 3.22. The summed E-state index contributed by atoms with van der Waals surface area (Å²) >= 11 is 0. The zero-order valence-corrected chi connectivity index (χ0v) is 12.3. The van der Waals surface area contributed by atoms with Crippen LogP contribution in [0.2, 0.25) is 0 Å². The second-order valence-electron chi connectivity index (χ2n) is 5.66. The van der Waals surface area contributed by atoms with Gasteiger partial charge in [-0.15, -0.1) is 0 Å². The minimum absolute atomic E-state index is 0.148. The van der Waals surface area contributed by atoms with Gasteiger partial charge in [-0.2, -0.15) is 0 Å². The van der Waals surface area contributed by atoms with Crippen molar-refractivity contribution >= 4 is 16.7 Å². The molecule has 1 saturated heterocycles. The summed E-state index contributed by atoms with van der Waals surface area (Å²) in [7, 11) is 1.47. The van der Waals surface area contributed by atoms with E-state index in [1.165, 1.54) is 30.7 Å². The second kappa shape index (κ2) is 6.27. The molecule has 1 fully saturated rings. The average molecular weight is 283 g/mol. The summed E-state index contributed by atoms with van der Waals surface area (Å²) in [5.74, 6) is -0.371. The molecule has 0 aromatic heterocycles. The highest BCUT2D eigenvalue weighted by Crippen LogP contribution is 2.29. The highest BCUT2D eigenvalue weighted by Gasteiger charge is 2.31. The highest BCUT2D eigenvalue weighted by molar-refractivity contribution is 5.86. The van der Waals surface area contributed by atoms with Crippen LogP contribution in [0.3, 0.4) is 0 Å². The van der Waals surface area contributed by atoms with Crippen molar-refractivity contribution in [1.29, 1.82) is 0 Å². The lowest BCUT2D eigenvalue weighted by Crippen LogP contribution is -2.42. The number of carbonyl (C=O) groups excluding carboxylic acids is 1. The van der Waals surface area contributed by atoms with Crippen LogP contribution in [0.25, 0.3) is 10.8 Å². The Kier molecular flexibility index (Phi) is 4.20. The molecule has 0 unspecified atom stereocenters. The fourth-order valence-electron chi connectivity index (χ4n) is 3.22. The van der Waals surface area contributed by atoms with Gasteiger partial charge in [0, 0.05) is 6.04 Å². The van der Waals surface area contributed by atoms with Crippen LogP contribution < -0.4 is 5.32 Å². The molecular weight excluding hydrogens is 262 g/mol. The van der Waals surface area contributed by atoms with Crippen LogP contribution in [-0.4, -0.2) is 25.7 Å². The van der Waals surface area contributed by atoms with Crippen molar-refractivity contribution < 1.29 is 9.53 Å². The van der Waals surface area contributed by atoms with E-state index in [1.54, 1.807) is 0 Å². The van der Waals surface area contributed by atoms with Gasteiger partial charge in [0.15, 0.2) is 0 Å². The molecule has 0 bridgehead atoms. The molecule has 2 atom stereocenters. The number of methoxy groups -OCH3 is 1. The van der Waals surface area contributed by atoms with E-state index in [2.05, 4.69) is 35.6 Å². The Morgan fingerprint density at radius 2 is 2.00 bits per heavy atom. The number of rotatable bonds is 3. The number of hydrogen-bond acceptors (Lipinski definition) is 3. The van der Waals surface area contributed by atoms with Gasteiger partial charge < -0.3 is 10.1 Å². The van der Waals surface area contributed by atoms with Crippen LogP contribution in [-0.2, 0) is 9.53 Å². The normalized spacial score (nSPS) is 20.1. The first-order valence-electron chi connectivity index (χ1n) is 7.59. The third kappa shape index (κ3) is 2.93. The molecule has 2 aromatic carbocycles. The summed E-state index contributed by atoms with van der Waals surface area (Å²) in [6.07, 6.45) is 3.37. The Labute approximate surface area is 125 Å². The maximum absolute atomic E-state index is 12.3. The molecule has 1 heterocycles. The van der Waals surface area contributed by atoms with Gasteiger partial charge in [-0.05, 0) is 35.7 Å². The van der Waals surface area contributed by atoms with E-state index in [0.717, 1.165) is 18.5 Å². The fraction of sp³-hybridized carbons (Fsp3) is 0.389. The number of esters is 1. The molecule has 2 aromatic rings. The predicted octanol–water partition coefficient (Wildman–Crippen LogP) is 3.24. The SMILES string of the molecule is COC(=O)[C@H](c1ccc2ccccc2c1)[C@H]1CCCCN1. The number of hydrogen-bond donors (Lipinski definition) is 1. The molecule has 0 saturated carbocycles. The van der Waals surface area contributed by atoms with Crippen LogP contribution in [0.5, 0.6) is 0 Å². The Bertz CT molecular complexity index is 632. The smallest absolute Gasteiger partial charge is 0.314 e. The van der Waals surface area contributed by atoms with E-state index in [-0.39, 0.29) is 17.9 Å². The third-order valence-electron chi connectivity index (χ3n) is 4.34. The Morgan fingerprint density at radius 3 is 2.71 bits per heavy atom. The van der Waals surface area contributed by atoms with Gasteiger partial charge in [-0.1, -0.05) is 48.9 Å². The summed E-state index contributed by atoms with van der Waals surface area (Å²) in [6, 6.07) is 14.7. The standard InChI is InChI=1S/C18H21NO2/c1-21-18(20)17(16-8-4-5-11-19-16)15-10-9-13-6-2-3-7-14(13)12-15/h2-3,6-7,9-10,12,16-17,19H,4-5,8,11H2,1H3/t16-,17-/m1/s1. The first-order valence-corrected chi connectivity index (χ1v) is 7.59. The van der Waals surface area contributed by atoms with Crippen molar-refractivity contribution in [2.24, 2.45) is 0 Å². The van der Waals surface area contributed by atoms with Gasteiger partial charge in [0.2, 0.25) is 0 Å². The molecule has 1 aliphatic rings. The van der Waals surface area contributed by atoms with Crippen molar-refractivity contribution in [3.63, 3.8) is 0 Å². The zero-order chi connectivity index (χ0) is 14.7. The molecule has 3 heteroatoms. The summed E-state index contributed by atoms with van der Waals surface area (Å²) < 4.78 is 5.05. The first kappa shape index (κ1) is 14.1. The number of piperidine rings is 1. The Morgan fingerprint density at radius 1 is 1.19 bits per heavy atom. The van der Waals surface area contributed by atoms with E-state index >= 15 is 0 Å². The molecule has 0 spiro atoms. The lowest BCUT2D eigenvalue weighted by molar-refractivity contribution is -0.143. The third-order valence-corrected chi connectivity index (χ3v) is 4.34. The minimum atomic E-state index is -0.222. The summed E-state index contributed by atoms with van der Waals surface area (Å²) in [5.41, 5.74) is 1.04.